The fraction of sp³-hybridized carbons (Fsp3) is 0.259. The van der Waals surface area contributed by atoms with Gasteiger partial charge in [0.1, 0.15) is 12.2 Å². The maximum Gasteiger partial charge on any atom is 0.305 e. The zero-order valence-electron chi connectivity index (χ0n) is 18.1. The van der Waals surface area contributed by atoms with Gasteiger partial charge in [-0.2, -0.15) is 0 Å². The molecule has 0 aromatic heterocycles. The minimum absolute atomic E-state index is 0.126. The molecule has 0 unspecified atom stereocenters. The third-order valence-electron chi connectivity index (χ3n) is 5.55. The van der Waals surface area contributed by atoms with Crippen LogP contribution in [0.4, 0.5) is 5.69 Å². The Morgan fingerprint density at radius 3 is 2.31 bits per heavy atom. The number of anilines is 1. The molecule has 4 rings (SSSR count). The average Bonchev–Trinajstić information content (AvgIpc) is 2.94. The number of hydrogen-bond donors (Lipinski definition) is 0. The molecule has 1 amide bonds. The van der Waals surface area contributed by atoms with Gasteiger partial charge in [-0.05, 0) is 30.5 Å². The first kappa shape index (κ1) is 21.8. The highest BCUT2D eigenvalue weighted by Gasteiger charge is 2.36. The average molecular weight is 430 g/mol. The molecule has 5 heteroatoms. The second-order valence-corrected chi connectivity index (χ2v) is 7.73. The first-order valence-corrected chi connectivity index (χ1v) is 11.0. The SMILES string of the molecule is CCOC(=O)CC[C@H]1O[C@@H](c2ccccc2)c2ccccc2N(Cc2ccccc2)C1=O. The number of amides is 1. The molecule has 0 saturated heterocycles. The van der Waals surface area contributed by atoms with Gasteiger partial charge in [0.25, 0.3) is 5.91 Å². The fourth-order valence-electron chi connectivity index (χ4n) is 4.03. The fourth-order valence-corrected chi connectivity index (χ4v) is 4.03. The first-order chi connectivity index (χ1) is 15.7. The molecule has 1 aliphatic rings. The number of nitrogens with zero attached hydrogens (tertiary/aromatic N) is 1. The molecular weight excluding hydrogens is 402 g/mol. The number of hydrogen-bond acceptors (Lipinski definition) is 4. The summed E-state index contributed by atoms with van der Waals surface area (Å²) in [4.78, 5) is 27.5. The number of esters is 1. The van der Waals surface area contributed by atoms with Crippen LogP contribution in [0.2, 0.25) is 0 Å². The normalized spacial score (nSPS) is 18.0. The van der Waals surface area contributed by atoms with E-state index in [1.807, 2.05) is 84.9 Å². The summed E-state index contributed by atoms with van der Waals surface area (Å²) in [7, 11) is 0. The zero-order chi connectivity index (χ0) is 22.3. The molecule has 0 radical (unpaired) electrons. The standard InChI is InChI=1S/C27H27NO4/c1-2-31-25(29)18-17-24-27(30)28(19-20-11-5-3-6-12-20)23-16-10-9-15-22(23)26(32-24)21-13-7-4-8-14-21/h3-16,24,26H,2,17-19H2,1H3/t24-,26+/m1/s1. The van der Waals surface area contributed by atoms with E-state index in [1.54, 1.807) is 11.8 Å². The van der Waals surface area contributed by atoms with Gasteiger partial charge in [-0.1, -0.05) is 78.9 Å². The molecule has 0 N–H and O–H groups in total. The van der Waals surface area contributed by atoms with E-state index in [1.165, 1.54) is 0 Å². The first-order valence-electron chi connectivity index (χ1n) is 11.0. The lowest BCUT2D eigenvalue weighted by molar-refractivity contribution is -0.145. The van der Waals surface area contributed by atoms with Crippen LogP contribution >= 0.6 is 0 Å². The topological polar surface area (TPSA) is 55.8 Å². The molecule has 32 heavy (non-hydrogen) atoms. The largest absolute Gasteiger partial charge is 0.466 e. The number of rotatable bonds is 7. The van der Waals surface area contributed by atoms with Gasteiger partial charge in [0.05, 0.1) is 18.8 Å². The van der Waals surface area contributed by atoms with Crippen LogP contribution in [-0.2, 0) is 25.6 Å². The van der Waals surface area contributed by atoms with Gasteiger partial charge in [-0.3, -0.25) is 9.59 Å². The third kappa shape index (κ3) is 4.89. The Balaban J connectivity index is 1.73. The van der Waals surface area contributed by atoms with Gasteiger partial charge in [-0.25, -0.2) is 0 Å². The summed E-state index contributed by atoms with van der Waals surface area (Å²) in [6, 6.07) is 27.6. The lowest BCUT2D eigenvalue weighted by atomic mass is 9.99. The quantitative estimate of drug-likeness (QED) is 0.493. The Kier molecular flexibility index (Phi) is 6.97. The maximum atomic E-state index is 13.7. The summed E-state index contributed by atoms with van der Waals surface area (Å²) < 4.78 is 11.5. The van der Waals surface area contributed by atoms with Crippen LogP contribution in [0, 0.1) is 0 Å². The zero-order valence-corrected chi connectivity index (χ0v) is 18.1. The van der Waals surface area contributed by atoms with Crippen molar-refractivity contribution in [2.24, 2.45) is 0 Å². The molecule has 1 heterocycles. The minimum atomic E-state index is -0.763. The van der Waals surface area contributed by atoms with Gasteiger partial charge in [0.15, 0.2) is 0 Å². The Morgan fingerprint density at radius 2 is 1.59 bits per heavy atom. The maximum absolute atomic E-state index is 13.7. The van der Waals surface area contributed by atoms with Crippen molar-refractivity contribution in [2.45, 2.75) is 38.5 Å². The molecule has 2 atom stereocenters. The smallest absolute Gasteiger partial charge is 0.305 e. The molecule has 5 nitrogen and oxygen atoms in total. The summed E-state index contributed by atoms with van der Waals surface area (Å²) >= 11 is 0. The van der Waals surface area contributed by atoms with Gasteiger partial charge < -0.3 is 14.4 Å². The highest BCUT2D eigenvalue weighted by atomic mass is 16.5. The van der Waals surface area contributed by atoms with Crippen LogP contribution in [-0.4, -0.2) is 24.6 Å². The van der Waals surface area contributed by atoms with Crippen LogP contribution in [0.25, 0.3) is 0 Å². The second-order valence-electron chi connectivity index (χ2n) is 7.73. The summed E-state index contributed by atoms with van der Waals surface area (Å²) in [6.45, 7) is 2.52. The number of carbonyl (C=O) groups excluding carboxylic acids is 2. The summed E-state index contributed by atoms with van der Waals surface area (Å²) in [5.41, 5.74) is 3.75. The van der Waals surface area contributed by atoms with E-state index < -0.39 is 12.2 Å². The molecule has 0 fully saturated rings. The van der Waals surface area contributed by atoms with Crippen molar-refractivity contribution in [3.05, 3.63) is 102 Å². The van der Waals surface area contributed by atoms with Crippen LogP contribution in [0.5, 0.6) is 0 Å². The number of ether oxygens (including phenoxy) is 2. The summed E-state index contributed by atoms with van der Waals surface area (Å²) in [5, 5.41) is 0. The van der Waals surface area contributed by atoms with Crippen molar-refractivity contribution < 1.29 is 19.1 Å². The van der Waals surface area contributed by atoms with Gasteiger partial charge in [0, 0.05) is 12.0 Å². The number of para-hydroxylation sites is 1. The van der Waals surface area contributed by atoms with E-state index >= 15 is 0 Å². The van der Waals surface area contributed by atoms with E-state index in [2.05, 4.69) is 0 Å². The molecule has 1 aliphatic heterocycles. The number of fused-ring (bicyclic) bond motifs is 1. The van der Waals surface area contributed by atoms with Crippen molar-refractivity contribution in [2.75, 3.05) is 11.5 Å². The van der Waals surface area contributed by atoms with E-state index in [9.17, 15) is 9.59 Å². The predicted molar refractivity (Wildman–Crippen MR) is 123 cm³/mol. The Hall–Kier alpha value is -3.44. The van der Waals surface area contributed by atoms with Crippen molar-refractivity contribution in [1.29, 1.82) is 0 Å². The minimum Gasteiger partial charge on any atom is -0.466 e. The molecule has 0 bridgehead atoms. The van der Waals surface area contributed by atoms with Crippen LogP contribution in [0.15, 0.2) is 84.9 Å². The van der Waals surface area contributed by atoms with Crippen molar-refractivity contribution >= 4 is 17.6 Å². The van der Waals surface area contributed by atoms with Crippen molar-refractivity contribution in [3.8, 4) is 0 Å². The predicted octanol–water partition coefficient (Wildman–Crippen LogP) is 5.05. The van der Waals surface area contributed by atoms with Gasteiger partial charge >= 0.3 is 5.97 Å². The third-order valence-corrected chi connectivity index (χ3v) is 5.55. The van der Waals surface area contributed by atoms with Crippen molar-refractivity contribution in [3.63, 3.8) is 0 Å². The summed E-state index contributed by atoms with van der Waals surface area (Å²) in [6.07, 6.45) is -0.785. The lowest BCUT2D eigenvalue weighted by Gasteiger charge is -2.25. The highest BCUT2D eigenvalue weighted by Crippen LogP contribution is 2.39. The highest BCUT2D eigenvalue weighted by molar-refractivity contribution is 5.98. The molecular formula is C27H27NO4. The Labute approximate surface area is 188 Å². The molecule has 3 aromatic rings. The van der Waals surface area contributed by atoms with Gasteiger partial charge in [0.2, 0.25) is 0 Å². The lowest BCUT2D eigenvalue weighted by Crippen LogP contribution is -2.39. The second kappa shape index (κ2) is 10.2. The monoisotopic (exact) mass is 429 g/mol. The van der Waals surface area contributed by atoms with E-state index in [-0.39, 0.29) is 24.7 Å². The van der Waals surface area contributed by atoms with E-state index in [0.29, 0.717) is 13.2 Å². The van der Waals surface area contributed by atoms with Crippen LogP contribution < -0.4 is 4.90 Å². The Bertz CT molecular complexity index is 1050. The van der Waals surface area contributed by atoms with Crippen LogP contribution in [0.3, 0.4) is 0 Å². The molecule has 164 valence electrons. The number of carbonyl (C=O) groups is 2. The van der Waals surface area contributed by atoms with Crippen LogP contribution in [0.1, 0.15) is 42.6 Å². The number of benzene rings is 3. The van der Waals surface area contributed by atoms with Gasteiger partial charge in [-0.15, -0.1) is 0 Å². The molecule has 0 saturated carbocycles. The van der Waals surface area contributed by atoms with E-state index in [0.717, 1.165) is 22.4 Å². The Morgan fingerprint density at radius 1 is 0.938 bits per heavy atom. The molecule has 0 spiro atoms. The molecule has 0 aliphatic carbocycles. The molecule has 3 aromatic carbocycles. The van der Waals surface area contributed by atoms with Crippen molar-refractivity contribution in [1.82, 2.24) is 0 Å². The summed E-state index contributed by atoms with van der Waals surface area (Å²) in [5.74, 6) is -0.472. The van der Waals surface area contributed by atoms with E-state index in [4.69, 9.17) is 9.47 Å².